The lowest BCUT2D eigenvalue weighted by atomic mass is 9.90. The number of piperazine rings is 1. The number of halogens is 1. The number of thioether (sulfide) groups is 1. The van der Waals surface area contributed by atoms with E-state index in [1.807, 2.05) is 43.6 Å². The van der Waals surface area contributed by atoms with E-state index in [0.717, 1.165) is 38.2 Å². The Hall–Kier alpha value is -2.52. The van der Waals surface area contributed by atoms with Gasteiger partial charge in [0.05, 0.1) is 5.75 Å². The van der Waals surface area contributed by atoms with Gasteiger partial charge in [0, 0.05) is 50.4 Å². The molecule has 1 N–H and O–H groups in total. The lowest BCUT2D eigenvalue weighted by Crippen LogP contribution is -2.59. The Morgan fingerprint density at radius 1 is 1.08 bits per heavy atom. The Balaban J connectivity index is 1.27. The van der Waals surface area contributed by atoms with Crippen LogP contribution in [0.1, 0.15) is 46.1 Å². The highest BCUT2D eigenvalue weighted by molar-refractivity contribution is 7.99. The van der Waals surface area contributed by atoms with Crippen LogP contribution in [0.4, 0.5) is 10.6 Å². The molecule has 2 fully saturated rings. The molecule has 8 nitrogen and oxygen atoms in total. The first-order valence-electron chi connectivity index (χ1n) is 13.4. The minimum absolute atomic E-state index is 0.0161. The maximum atomic E-state index is 12.9. The second-order valence-electron chi connectivity index (χ2n) is 11.3. The molecule has 4 rings (SSSR count). The summed E-state index contributed by atoms with van der Waals surface area (Å²) in [6.45, 7) is 11.4. The van der Waals surface area contributed by atoms with E-state index in [4.69, 9.17) is 16.6 Å². The number of benzene rings is 1. The minimum atomic E-state index is -0.282. The van der Waals surface area contributed by atoms with Gasteiger partial charge in [0.2, 0.25) is 5.91 Å². The van der Waals surface area contributed by atoms with Crippen molar-refractivity contribution in [2.24, 2.45) is 5.92 Å². The van der Waals surface area contributed by atoms with Crippen LogP contribution in [-0.2, 0) is 11.2 Å². The zero-order valence-corrected chi connectivity index (χ0v) is 24.4. The molecule has 1 aromatic heterocycles. The molecular formula is C28H39ClN6O2S. The fraction of sp³-hybridized carbons (Fsp3) is 0.571. The van der Waals surface area contributed by atoms with E-state index >= 15 is 0 Å². The van der Waals surface area contributed by atoms with E-state index in [-0.39, 0.29) is 23.5 Å². The van der Waals surface area contributed by atoms with Crippen LogP contribution in [0, 0.1) is 5.92 Å². The number of hydrogen-bond acceptors (Lipinski definition) is 6. The zero-order chi connectivity index (χ0) is 27.3. The van der Waals surface area contributed by atoms with Gasteiger partial charge in [-0.3, -0.25) is 4.79 Å². The number of nitrogens with one attached hydrogen (secondary N) is 1. The molecule has 0 unspecified atom stereocenters. The molecule has 2 aliphatic rings. The van der Waals surface area contributed by atoms with E-state index in [2.05, 4.69) is 39.5 Å². The molecule has 206 valence electrons. The molecule has 1 aromatic carbocycles. The van der Waals surface area contributed by atoms with E-state index in [1.54, 1.807) is 6.07 Å². The van der Waals surface area contributed by atoms with Crippen LogP contribution in [0.15, 0.2) is 41.6 Å². The average molecular weight is 559 g/mol. The van der Waals surface area contributed by atoms with Crippen molar-refractivity contribution in [2.75, 3.05) is 43.4 Å². The molecule has 1 atom stereocenters. The van der Waals surface area contributed by atoms with Gasteiger partial charge >= 0.3 is 6.03 Å². The quantitative estimate of drug-likeness (QED) is 0.314. The van der Waals surface area contributed by atoms with E-state index in [1.165, 1.54) is 17.3 Å². The standard InChI is InChI=1S/C28H39ClN6O2S/c1-20-18-34(14-15-35(20)27(37)32-28(2,3)4)24-17-23(29)30-26(31-24)38-19-25(36)33-12-10-22(11-13-33)16-21-8-6-5-7-9-21/h5-9,17,20,22H,10-16,18-19H2,1-4H3,(H,32,37)/t20-/m0/s1. The number of likely N-dealkylation sites (tertiary alicyclic amines) is 1. The van der Waals surface area contributed by atoms with Gasteiger partial charge < -0.3 is 20.0 Å². The van der Waals surface area contributed by atoms with Gasteiger partial charge in [-0.05, 0) is 58.4 Å². The van der Waals surface area contributed by atoms with Crippen LogP contribution in [0.5, 0.6) is 0 Å². The number of carbonyl (C=O) groups excluding carboxylic acids is 2. The molecule has 10 heteroatoms. The van der Waals surface area contributed by atoms with Crippen molar-refractivity contribution >= 4 is 41.1 Å². The predicted octanol–water partition coefficient (Wildman–Crippen LogP) is 4.72. The van der Waals surface area contributed by atoms with Gasteiger partial charge in [0.25, 0.3) is 0 Å². The highest BCUT2D eigenvalue weighted by atomic mass is 35.5. The summed E-state index contributed by atoms with van der Waals surface area (Å²) in [5.41, 5.74) is 1.08. The van der Waals surface area contributed by atoms with Gasteiger partial charge in [0.15, 0.2) is 5.16 Å². The number of urea groups is 1. The Morgan fingerprint density at radius 3 is 2.45 bits per heavy atom. The largest absolute Gasteiger partial charge is 0.353 e. The first-order chi connectivity index (χ1) is 18.1. The van der Waals surface area contributed by atoms with Crippen molar-refractivity contribution < 1.29 is 9.59 Å². The van der Waals surface area contributed by atoms with Crippen LogP contribution in [0.3, 0.4) is 0 Å². The normalized spacial score (nSPS) is 19.0. The SMILES string of the molecule is C[C@H]1CN(c2cc(Cl)nc(SCC(=O)N3CCC(Cc4ccccc4)CC3)n2)CCN1C(=O)NC(C)(C)C. The maximum Gasteiger partial charge on any atom is 0.318 e. The molecule has 0 aliphatic carbocycles. The Labute approximate surface area is 235 Å². The topological polar surface area (TPSA) is 81.7 Å². The smallest absolute Gasteiger partial charge is 0.318 e. The van der Waals surface area contributed by atoms with Crippen LogP contribution in [0.2, 0.25) is 5.15 Å². The van der Waals surface area contributed by atoms with Crippen LogP contribution >= 0.6 is 23.4 Å². The van der Waals surface area contributed by atoms with Gasteiger partial charge in [0.1, 0.15) is 11.0 Å². The summed E-state index contributed by atoms with van der Waals surface area (Å²) in [7, 11) is 0. The monoisotopic (exact) mass is 558 g/mol. The fourth-order valence-corrected chi connectivity index (χ4v) is 6.01. The zero-order valence-electron chi connectivity index (χ0n) is 22.8. The Bertz CT molecular complexity index is 1100. The van der Waals surface area contributed by atoms with Crippen LogP contribution in [-0.4, -0.2) is 81.8 Å². The molecule has 38 heavy (non-hydrogen) atoms. The summed E-state index contributed by atoms with van der Waals surface area (Å²) in [6, 6.07) is 12.3. The summed E-state index contributed by atoms with van der Waals surface area (Å²) in [6.07, 6.45) is 3.13. The average Bonchev–Trinajstić information content (AvgIpc) is 2.87. The highest BCUT2D eigenvalue weighted by Gasteiger charge is 2.30. The third-order valence-electron chi connectivity index (χ3n) is 7.01. The summed E-state index contributed by atoms with van der Waals surface area (Å²) >= 11 is 7.67. The Morgan fingerprint density at radius 2 is 1.79 bits per heavy atom. The van der Waals surface area contributed by atoms with Crippen molar-refractivity contribution in [2.45, 2.75) is 63.7 Å². The molecule has 2 saturated heterocycles. The lowest BCUT2D eigenvalue weighted by molar-refractivity contribution is -0.129. The molecule has 3 amide bonds. The summed E-state index contributed by atoms with van der Waals surface area (Å²) in [5.74, 6) is 1.76. The molecule has 2 aliphatic heterocycles. The van der Waals surface area contributed by atoms with Crippen molar-refractivity contribution in [1.29, 1.82) is 0 Å². The van der Waals surface area contributed by atoms with E-state index in [0.29, 0.717) is 41.6 Å². The van der Waals surface area contributed by atoms with Gasteiger partial charge in [-0.1, -0.05) is 53.7 Å². The molecular weight excluding hydrogens is 520 g/mol. The van der Waals surface area contributed by atoms with E-state index in [9.17, 15) is 9.59 Å². The summed E-state index contributed by atoms with van der Waals surface area (Å²) in [5, 5.41) is 3.90. The molecule has 3 heterocycles. The number of aromatic nitrogens is 2. The van der Waals surface area contributed by atoms with Gasteiger partial charge in [-0.2, -0.15) is 0 Å². The van der Waals surface area contributed by atoms with Crippen molar-refractivity contribution in [3.63, 3.8) is 0 Å². The lowest BCUT2D eigenvalue weighted by Gasteiger charge is -2.41. The number of rotatable bonds is 6. The van der Waals surface area contributed by atoms with Crippen molar-refractivity contribution in [1.82, 2.24) is 25.1 Å². The molecule has 0 spiro atoms. The van der Waals surface area contributed by atoms with Crippen molar-refractivity contribution in [3.8, 4) is 0 Å². The number of nitrogens with zero attached hydrogens (tertiary/aromatic N) is 5. The van der Waals surface area contributed by atoms with Crippen molar-refractivity contribution in [3.05, 3.63) is 47.1 Å². The number of carbonyl (C=O) groups is 2. The minimum Gasteiger partial charge on any atom is -0.353 e. The Kier molecular flexibility index (Phi) is 9.41. The number of piperidine rings is 1. The molecule has 0 bridgehead atoms. The fourth-order valence-electron chi connectivity index (χ4n) is 5.02. The van der Waals surface area contributed by atoms with Gasteiger partial charge in [-0.25, -0.2) is 14.8 Å². The van der Waals surface area contributed by atoms with E-state index < -0.39 is 0 Å². The first-order valence-corrected chi connectivity index (χ1v) is 14.8. The summed E-state index contributed by atoms with van der Waals surface area (Å²) in [4.78, 5) is 40.6. The third-order valence-corrected chi connectivity index (χ3v) is 8.04. The molecule has 0 saturated carbocycles. The molecule has 2 aromatic rings. The third kappa shape index (κ3) is 7.99. The van der Waals surface area contributed by atoms with Crippen LogP contribution in [0.25, 0.3) is 0 Å². The summed E-state index contributed by atoms with van der Waals surface area (Å²) < 4.78 is 0. The highest BCUT2D eigenvalue weighted by Crippen LogP contribution is 2.26. The second-order valence-corrected chi connectivity index (χ2v) is 12.6. The number of anilines is 1. The maximum absolute atomic E-state index is 12.9. The number of hydrogen-bond donors (Lipinski definition) is 1. The van der Waals surface area contributed by atoms with Crippen LogP contribution < -0.4 is 10.2 Å². The molecule has 0 radical (unpaired) electrons. The first kappa shape index (κ1) is 28.5. The van der Waals surface area contributed by atoms with Gasteiger partial charge in [-0.15, -0.1) is 0 Å². The predicted molar refractivity (Wildman–Crippen MR) is 154 cm³/mol. The second kappa shape index (κ2) is 12.6. The number of amides is 3.